The number of hydrogen-bond acceptors (Lipinski definition) is 5. The van der Waals surface area contributed by atoms with Crippen molar-refractivity contribution in [3.63, 3.8) is 0 Å². The van der Waals surface area contributed by atoms with Crippen LogP contribution in [0.15, 0.2) is 48.5 Å². The van der Waals surface area contributed by atoms with E-state index in [-0.39, 0.29) is 18.6 Å². The molecule has 1 saturated heterocycles. The lowest BCUT2D eigenvalue weighted by Crippen LogP contribution is -2.47. The molecule has 1 aliphatic rings. The van der Waals surface area contributed by atoms with E-state index in [1.165, 1.54) is 12.1 Å². The highest BCUT2D eigenvalue weighted by Crippen LogP contribution is 2.31. The van der Waals surface area contributed by atoms with Gasteiger partial charge in [0.2, 0.25) is 0 Å². The Morgan fingerprint density at radius 2 is 1.66 bits per heavy atom. The van der Waals surface area contributed by atoms with Crippen LogP contribution >= 0.6 is 0 Å². The quantitative estimate of drug-likeness (QED) is 0.584. The van der Waals surface area contributed by atoms with Gasteiger partial charge in [0.1, 0.15) is 12.4 Å². The standard InChI is InChI=1S/C23H25F3N2O4/c24-23(25,26)18-2-1-3-19(16-18)28-12-10-27(11-13-28)14-15-32-20-6-4-17(5-7-20)21(29)8-9-22(30)31/h1-7,16H,8-15H2,(H,30,31). The summed E-state index contributed by atoms with van der Waals surface area (Å²) in [5, 5.41) is 8.65. The number of carbonyl (C=O) groups excluding carboxylic acids is 1. The normalized spacial score (nSPS) is 14.9. The van der Waals surface area contributed by atoms with E-state index >= 15 is 0 Å². The van der Waals surface area contributed by atoms with Gasteiger partial charge in [0.25, 0.3) is 0 Å². The first kappa shape index (κ1) is 23.6. The second kappa shape index (κ2) is 10.5. The van der Waals surface area contributed by atoms with Crippen LogP contribution in [0, 0.1) is 0 Å². The average molecular weight is 450 g/mol. The summed E-state index contributed by atoms with van der Waals surface area (Å²) in [6.07, 6.45) is -4.58. The largest absolute Gasteiger partial charge is 0.492 e. The van der Waals surface area contributed by atoms with Gasteiger partial charge in [0.15, 0.2) is 5.78 Å². The van der Waals surface area contributed by atoms with Gasteiger partial charge in [-0.05, 0) is 42.5 Å². The second-order valence-electron chi connectivity index (χ2n) is 7.57. The first-order valence-electron chi connectivity index (χ1n) is 10.3. The third-order valence-corrected chi connectivity index (χ3v) is 5.33. The molecule has 0 saturated carbocycles. The molecular weight excluding hydrogens is 425 g/mol. The Morgan fingerprint density at radius 1 is 0.969 bits per heavy atom. The molecule has 2 aromatic carbocycles. The Morgan fingerprint density at radius 3 is 2.28 bits per heavy atom. The number of anilines is 1. The number of carboxylic acids is 1. The lowest BCUT2D eigenvalue weighted by molar-refractivity contribution is -0.138. The first-order valence-corrected chi connectivity index (χ1v) is 10.3. The van der Waals surface area contributed by atoms with Crippen LogP contribution in [0.1, 0.15) is 28.8 Å². The summed E-state index contributed by atoms with van der Waals surface area (Å²) >= 11 is 0. The number of ether oxygens (including phenoxy) is 1. The molecule has 0 spiro atoms. The number of hydrogen-bond donors (Lipinski definition) is 1. The molecule has 2 aromatic rings. The van der Waals surface area contributed by atoms with E-state index in [2.05, 4.69) is 4.90 Å². The number of nitrogens with zero attached hydrogens (tertiary/aromatic N) is 2. The van der Waals surface area contributed by atoms with Gasteiger partial charge in [-0.2, -0.15) is 13.2 Å². The minimum atomic E-state index is -4.35. The number of piperazine rings is 1. The van der Waals surface area contributed by atoms with E-state index in [0.717, 1.165) is 19.2 Å². The second-order valence-corrected chi connectivity index (χ2v) is 7.57. The molecular formula is C23H25F3N2O4. The van der Waals surface area contributed by atoms with Crippen molar-refractivity contribution in [3.05, 3.63) is 59.7 Å². The van der Waals surface area contributed by atoms with E-state index in [1.807, 2.05) is 4.90 Å². The molecule has 6 nitrogen and oxygen atoms in total. The summed E-state index contributed by atoms with van der Waals surface area (Å²) < 4.78 is 44.5. The van der Waals surface area contributed by atoms with Crippen molar-refractivity contribution in [2.75, 3.05) is 44.2 Å². The molecule has 0 bridgehead atoms. The van der Waals surface area contributed by atoms with E-state index in [4.69, 9.17) is 9.84 Å². The molecule has 0 amide bonds. The van der Waals surface area contributed by atoms with Crippen LogP contribution in [0.5, 0.6) is 5.75 Å². The average Bonchev–Trinajstić information content (AvgIpc) is 2.78. The summed E-state index contributed by atoms with van der Waals surface area (Å²) in [5.41, 5.74) is 0.387. The molecule has 1 heterocycles. The highest BCUT2D eigenvalue weighted by molar-refractivity contribution is 5.97. The monoisotopic (exact) mass is 450 g/mol. The summed E-state index contributed by atoms with van der Waals surface area (Å²) in [7, 11) is 0. The number of alkyl halides is 3. The molecule has 172 valence electrons. The molecule has 0 aliphatic carbocycles. The number of carbonyl (C=O) groups is 2. The van der Waals surface area contributed by atoms with E-state index in [0.29, 0.717) is 43.2 Å². The zero-order chi connectivity index (χ0) is 23.1. The van der Waals surface area contributed by atoms with Gasteiger partial charge in [-0.1, -0.05) is 6.07 Å². The number of ketones is 1. The van der Waals surface area contributed by atoms with Crippen LogP contribution in [0.25, 0.3) is 0 Å². The highest BCUT2D eigenvalue weighted by Gasteiger charge is 2.31. The van der Waals surface area contributed by atoms with Crippen LogP contribution < -0.4 is 9.64 Å². The molecule has 1 aliphatic heterocycles. The number of aliphatic carboxylic acids is 1. The van der Waals surface area contributed by atoms with Crippen molar-refractivity contribution in [1.29, 1.82) is 0 Å². The van der Waals surface area contributed by atoms with Crippen molar-refractivity contribution >= 4 is 17.4 Å². The summed E-state index contributed by atoms with van der Waals surface area (Å²) in [4.78, 5) is 26.6. The number of halogens is 3. The van der Waals surface area contributed by atoms with Crippen molar-refractivity contribution in [3.8, 4) is 5.75 Å². The smallest absolute Gasteiger partial charge is 0.416 e. The maximum absolute atomic E-state index is 12.9. The molecule has 0 unspecified atom stereocenters. The zero-order valence-electron chi connectivity index (χ0n) is 17.5. The maximum Gasteiger partial charge on any atom is 0.416 e. The van der Waals surface area contributed by atoms with Gasteiger partial charge in [-0.3, -0.25) is 14.5 Å². The first-order chi connectivity index (χ1) is 15.2. The zero-order valence-corrected chi connectivity index (χ0v) is 17.5. The Hall–Kier alpha value is -3.07. The van der Waals surface area contributed by atoms with E-state index in [1.54, 1.807) is 30.3 Å². The molecule has 32 heavy (non-hydrogen) atoms. The van der Waals surface area contributed by atoms with Gasteiger partial charge in [0.05, 0.1) is 12.0 Å². The summed E-state index contributed by atoms with van der Waals surface area (Å²) in [6, 6.07) is 12.0. The maximum atomic E-state index is 12.9. The third kappa shape index (κ3) is 6.71. The molecule has 0 aromatic heterocycles. The van der Waals surface area contributed by atoms with Crippen LogP contribution in [-0.2, 0) is 11.0 Å². The summed E-state index contributed by atoms with van der Waals surface area (Å²) in [6.45, 7) is 3.82. The SMILES string of the molecule is O=C(O)CCC(=O)c1ccc(OCCN2CCN(c3cccc(C(F)(F)F)c3)CC2)cc1. The minimum absolute atomic E-state index is 0.0397. The lowest BCUT2D eigenvalue weighted by atomic mass is 10.1. The fourth-order valence-electron chi connectivity index (χ4n) is 3.50. The minimum Gasteiger partial charge on any atom is -0.492 e. The Balaban J connectivity index is 1.41. The Labute approximate surface area is 184 Å². The van der Waals surface area contributed by atoms with Gasteiger partial charge in [-0.15, -0.1) is 0 Å². The van der Waals surface area contributed by atoms with E-state index < -0.39 is 17.7 Å². The van der Waals surface area contributed by atoms with E-state index in [9.17, 15) is 22.8 Å². The number of benzene rings is 2. The van der Waals surface area contributed by atoms with Crippen molar-refractivity contribution < 1.29 is 32.6 Å². The van der Waals surface area contributed by atoms with Crippen molar-refractivity contribution in [2.45, 2.75) is 19.0 Å². The predicted molar refractivity (Wildman–Crippen MR) is 113 cm³/mol. The summed E-state index contributed by atoms with van der Waals surface area (Å²) in [5.74, 6) is -0.617. The van der Waals surface area contributed by atoms with Gasteiger partial charge < -0.3 is 14.7 Å². The molecule has 1 fully saturated rings. The molecule has 1 N–H and O–H groups in total. The van der Waals surface area contributed by atoms with Crippen LogP contribution in [-0.4, -0.2) is 61.1 Å². The van der Waals surface area contributed by atoms with Crippen LogP contribution in [0.4, 0.5) is 18.9 Å². The molecule has 9 heteroatoms. The number of Topliss-reactive ketones (excluding diaryl/α,β-unsaturated/α-hetero) is 1. The Kier molecular flexibility index (Phi) is 7.74. The third-order valence-electron chi connectivity index (χ3n) is 5.33. The van der Waals surface area contributed by atoms with Crippen molar-refractivity contribution in [1.82, 2.24) is 4.90 Å². The van der Waals surface area contributed by atoms with Crippen LogP contribution in [0.3, 0.4) is 0 Å². The van der Waals surface area contributed by atoms with Crippen LogP contribution in [0.2, 0.25) is 0 Å². The Bertz CT molecular complexity index is 924. The number of rotatable bonds is 9. The molecule has 0 atom stereocenters. The van der Waals surface area contributed by atoms with Gasteiger partial charge >= 0.3 is 12.1 Å². The fraction of sp³-hybridized carbons (Fsp3) is 0.391. The topological polar surface area (TPSA) is 70.1 Å². The number of carboxylic acid groups (broad SMARTS) is 1. The lowest BCUT2D eigenvalue weighted by Gasteiger charge is -2.36. The van der Waals surface area contributed by atoms with Crippen molar-refractivity contribution in [2.24, 2.45) is 0 Å². The van der Waals surface area contributed by atoms with Gasteiger partial charge in [-0.25, -0.2) is 0 Å². The fourth-order valence-corrected chi connectivity index (χ4v) is 3.50. The molecule has 0 radical (unpaired) electrons. The van der Waals surface area contributed by atoms with Gasteiger partial charge in [0, 0.05) is 50.4 Å². The molecule has 3 rings (SSSR count). The highest BCUT2D eigenvalue weighted by atomic mass is 19.4. The predicted octanol–water partition coefficient (Wildman–Crippen LogP) is 3.95.